The van der Waals surface area contributed by atoms with Crippen LogP contribution in [0.15, 0.2) is 53.3 Å². The monoisotopic (exact) mass is 408 g/mol. The lowest BCUT2D eigenvalue weighted by Crippen LogP contribution is -2.21. The van der Waals surface area contributed by atoms with E-state index < -0.39 is 0 Å². The molecule has 4 rings (SSSR count). The first-order valence-corrected chi connectivity index (χ1v) is 10.1. The van der Waals surface area contributed by atoms with Gasteiger partial charge in [-0.3, -0.25) is 9.36 Å². The molecule has 134 valence electrons. The summed E-state index contributed by atoms with van der Waals surface area (Å²) in [5, 5.41) is 1.76. The predicted molar refractivity (Wildman–Crippen MR) is 100 cm³/mol. The zero-order valence-corrected chi connectivity index (χ0v) is 15.9. The Morgan fingerprint density at radius 3 is 3.00 bits per heavy atom. The van der Waals surface area contributed by atoms with Gasteiger partial charge in [0.15, 0.2) is 0 Å². The summed E-state index contributed by atoms with van der Waals surface area (Å²) in [7, 11) is 0. The minimum absolute atomic E-state index is 0.0737. The van der Waals surface area contributed by atoms with E-state index in [-0.39, 0.29) is 29.5 Å². The lowest BCUT2D eigenvalue weighted by atomic mass is 10.0. The van der Waals surface area contributed by atoms with E-state index in [0.29, 0.717) is 10.9 Å². The Hall–Kier alpha value is -1.67. The van der Waals surface area contributed by atoms with E-state index in [9.17, 15) is 9.18 Å². The number of carbonyl (C=O) groups is 1. The lowest BCUT2D eigenvalue weighted by Gasteiger charge is -2.20. The predicted octanol–water partition coefficient (Wildman–Crippen LogP) is 5.20. The second-order valence-electron chi connectivity index (χ2n) is 5.86. The maximum atomic E-state index is 13.8. The number of imidazole rings is 1. The third-order valence-corrected chi connectivity index (χ3v) is 6.77. The molecule has 26 heavy (non-hydrogen) atoms. The zero-order chi connectivity index (χ0) is 18.1. The number of thiophene rings is 1. The Labute approximate surface area is 163 Å². The van der Waals surface area contributed by atoms with Crippen LogP contribution in [0, 0.1) is 5.82 Å². The fourth-order valence-electron chi connectivity index (χ4n) is 2.91. The second kappa shape index (κ2) is 7.52. The second-order valence-corrected chi connectivity index (χ2v) is 8.66. The third kappa shape index (κ3) is 3.57. The van der Waals surface area contributed by atoms with Gasteiger partial charge < -0.3 is 4.74 Å². The summed E-state index contributed by atoms with van der Waals surface area (Å²) in [5.74, 6) is -0.386. The molecule has 0 aliphatic carbocycles. The molecule has 0 saturated heterocycles. The van der Waals surface area contributed by atoms with Crippen LogP contribution in [0.1, 0.15) is 28.4 Å². The van der Waals surface area contributed by atoms with Gasteiger partial charge in [-0.2, -0.15) is 0 Å². The number of hydrogen-bond acceptors (Lipinski definition) is 5. The molecule has 4 nitrogen and oxygen atoms in total. The van der Waals surface area contributed by atoms with Gasteiger partial charge in [-0.1, -0.05) is 11.6 Å². The Morgan fingerprint density at radius 2 is 2.27 bits per heavy atom. The molecule has 0 unspecified atom stereocenters. The minimum Gasteiger partial charge on any atom is -0.368 e. The van der Waals surface area contributed by atoms with Gasteiger partial charge in [-0.15, -0.1) is 23.1 Å². The van der Waals surface area contributed by atoms with Gasteiger partial charge in [0.1, 0.15) is 12.1 Å². The Kier molecular flexibility index (Phi) is 5.13. The molecule has 1 aliphatic rings. The van der Waals surface area contributed by atoms with Crippen LogP contribution in [0.25, 0.3) is 0 Å². The number of thioether (sulfide) groups is 1. The minimum atomic E-state index is -0.380. The Balaban J connectivity index is 1.56. The van der Waals surface area contributed by atoms with Gasteiger partial charge in [-0.05, 0) is 35.2 Å². The average Bonchev–Trinajstić information content (AvgIpc) is 3.34. The molecule has 0 spiro atoms. The van der Waals surface area contributed by atoms with Crippen LogP contribution in [0.4, 0.5) is 4.39 Å². The number of nitrogens with zero attached hydrogens (tertiary/aromatic N) is 2. The first kappa shape index (κ1) is 17.7. The largest absolute Gasteiger partial charge is 0.368 e. The standard InChI is InChI=1S/C18H14ClFN2O2S2/c19-18-11(3-6-25-18)9-24-17-13-7-12(20)1-2-14(13)26-15(17)8-16(23)22-5-4-21-10-22/h1-7,10,15,17H,8-9H2/t15-,17-/m0/s1. The number of ether oxygens (including phenoxy) is 1. The molecule has 0 N–H and O–H groups in total. The zero-order valence-electron chi connectivity index (χ0n) is 13.5. The molecular formula is C18H14ClFN2O2S2. The quantitative estimate of drug-likeness (QED) is 0.582. The molecule has 0 saturated carbocycles. The van der Waals surface area contributed by atoms with E-state index in [1.807, 2.05) is 11.4 Å². The SMILES string of the molecule is O=C(C[C@@H]1Sc2ccc(F)cc2[C@@H]1OCc1ccsc1Cl)n1ccnc1. The summed E-state index contributed by atoms with van der Waals surface area (Å²) < 4.78 is 22.0. The number of carbonyl (C=O) groups excluding carboxylic acids is 1. The van der Waals surface area contributed by atoms with Crippen LogP contribution < -0.4 is 0 Å². The van der Waals surface area contributed by atoms with Crippen molar-refractivity contribution in [2.24, 2.45) is 0 Å². The van der Waals surface area contributed by atoms with Crippen molar-refractivity contribution in [3.63, 3.8) is 0 Å². The summed E-state index contributed by atoms with van der Waals surface area (Å²) >= 11 is 9.13. The van der Waals surface area contributed by atoms with Crippen molar-refractivity contribution >= 4 is 40.6 Å². The Morgan fingerprint density at radius 1 is 1.38 bits per heavy atom. The van der Waals surface area contributed by atoms with Crippen molar-refractivity contribution in [3.8, 4) is 0 Å². The molecule has 2 aromatic heterocycles. The molecule has 3 aromatic rings. The van der Waals surface area contributed by atoms with E-state index in [1.165, 1.54) is 34.4 Å². The molecule has 1 aliphatic heterocycles. The van der Waals surface area contributed by atoms with Gasteiger partial charge >= 0.3 is 0 Å². The maximum Gasteiger partial charge on any atom is 0.233 e. The van der Waals surface area contributed by atoms with Crippen molar-refractivity contribution in [2.75, 3.05) is 0 Å². The highest BCUT2D eigenvalue weighted by atomic mass is 35.5. The molecule has 8 heteroatoms. The number of rotatable bonds is 5. The molecule has 3 heterocycles. The van der Waals surface area contributed by atoms with Crippen LogP contribution in [-0.2, 0) is 11.3 Å². The number of fused-ring (bicyclic) bond motifs is 1. The maximum absolute atomic E-state index is 13.8. The molecular weight excluding hydrogens is 395 g/mol. The lowest BCUT2D eigenvalue weighted by molar-refractivity contribution is 0.0366. The van der Waals surface area contributed by atoms with Gasteiger partial charge in [0.25, 0.3) is 0 Å². The van der Waals surface area contributed by atoms with Crippen LogP contribution >= 0.6 is 34.7 Å². The molecule has 0 radical (unpaired) electrons. The topological polar surface area (TPSA) is 44.1 Å². The first-order valence-electron chi connectivity index (χ1n) is 7.92. The third-order valence-electron chi connectivity index (χ3n) is 4.17. The van der Waals surface area contributed by atoms with Crippen molar-refractivity contribution in [3.05, 3.63) is 69.6 Å². The van der Waals surface area contributed by atoms with E-state index in [2.05, 4.69) is 4.98 Å². The van der Waals surface area contributed by atoms with Crippen molar-refractivity contribution in [2.45, 2.75) is 29.3 Å². The van der Waals surface area contributed by atoms with Crippen molar-refractivity contribution in [1.29, 1.82) is 0 Å². The van der Waals surface area contributed by atoms with Crippen LogP contribution in [-0.4, -0.2) is 20.7 Å². The normalized spacial score (nSPS) is 18.8. The van der Waals surface area contributed by atoms with Crippen molar-refractivity contribution in [1.82, 2.24) is 9.55 Å². The highest BCUT2D eigenvalue weighted by Crippen LogP contribution is 2.48. The van der Waals surface area contributed by atoms with Crippen LogP contribution in [0.3, 0.4) is 0 Å². The molecule has 0 fully saturated rings. The van der Waals surface area contributed by atoms with Gasteiger partial charge in [0.05, 0.1) is 17.0 Å². The summed E-state index contributed by atoms with van der Waals surface area (Å²) in [4.78, 5) is 17.3. The fraction of sp³-hybridized carbons (Fsp3) is 0.222. The number of hydrogen-bond donors (Lipinski definition) is 0. The van der Waals surface area contributed by atoms with Crippen LogP contribution in [0.5, 0.6) is 0 Å². The Bertz CT molecular complexity index is 929. The molecule has 2 atom stereocenters. The average molecular weight is 409 g/mol. The van der Waals surface area contributed by atoms with E-state index >= 15 is 0 Å². The fourth-order valence-corrected chi connectivity index (χ4v) is 5.17. The van der Waals surface area contributed by atoms with Crippen molar-refractivity contribution < 1.29 is 13.9 Å². The molecule has 0 amide bonds. The van der Waals surface area contributed by atoms with Crippen LogP contribution in [0.2, 0.25) is 4.34 Å². The number of benzene rings is 1. The first-order chi connectivity index (χ1) is 12.6. The van der Waals surface area contributed by atoms with E-state index in [4.69, 9.17) is 16.3 Å². The summed E-state index contributed by atoms with van der Waals surface area (Å²) in [6.07, 6.45) is 4.55. The van der Waals surface area contributed by atoms with Gasteiger partial charge in [-0.25, -0.2) is 9.37 Å². The summed E-state index contributed by atoms with van der Waals surface area (Å²) in [5.41, 5.74) is 1.68. The van der Waals surface area contributed by atoms with E-state index in [0.717, 1.165) is 16.0 Å². The summed E-state index contributed by atoms with van der Waals surface area (Å²) in [6.45, 7) is 0.319. The molecule has 0 bridgehead atoms. The molecule has 1 aromatic carbocycles. The highest BCUT2D eigenvalue weighted by molar-refractivity contribution is 8.00. The number of halogens is 2. The van der Waals surface area contributed by atoms with E-state index in [1.54, 1.807) is 30.2 Å². The highest BCUT2D eigenvalue weighted by Gasteiger charge is 2.36. The van der Waals surface area contributed by atoms with Gasteiger partial charge in [0, 0.05) is 34.5 Å². The summed E-state index contributed by atoms with van der Waals surface area (Å²) in [6, 6.07) is 6.57. The van der Waals surface area contributed by atoms with Gasteiger partial charge in [0.2, 0.25) is 5.91 Å². The smallest absolute Gasteiger partial charge is 0.233 e. The number of aromatic nitrogens is 2.